The van der Waals surface area contributed by atoms with Crippen LogP contribution in [0.4, 0.5) is 0 Å². The molecule has 2 unspecified atom stereocenters. The van der Waals surface area contributed by atoms with Gasteiger partial charge in [0, 0.05) is 37.4 Å². The maximum Gasteiger partial charge on any atom is 0.0538 e. The Balaban J connectivity index is 2.22. The van der Waals surface area contributed by atoms with E-state index in [2.05, 4.69) is 37.0 Å². The smallest absolute Gasteiger partial charge is 0.0538 e. The van der Waals surface area contributed by atoms with Crippen LogP contribution < -0.4 is 5.73 Å². The lowest BCUT2D eigenvalue weighted by Crippen LogP contribution is -2.45. The minimum atomic E-state index is 0.172. The van der Waals surface area contributed by atoms with E-state index in [0.29, 0.717) is 12.1 Å². The number of hydrogen-bond acceptors (Lipinski definition) is 3. The quantitative estimate of drug-likeness (QED) is 0.822. The standard InChI is InChI=1S/C15H28N4/c1-5-14(16)15(13-8-17-18(4)10-13)19(11(2)3)9-12-6-7-12/h8,10-12,14-15H,5-7,9,16H2,1-4H3. The molecule has 0 saturated heterocycles. The maximum absolute atomic E-state index is 6.41. The molecule has 2 atom stereocenters. The summed E-state index contributed by atoms with van der Waals surface area (Å²) >= 11 is 0. The zero-order valence-corrected chi connectivity index (χ0v) is 12.7. The highest BCUT2D eigenvalue weighted by Gasteiger charge is 2.33. The SMILES string of the molecule is CCC(N)C(c1cnn(C)c1)N(CC1CC1)C(C)C. The minimum Gasteiger partial charge on any atom is -0.326 e. The molecule has 2 rings (SSSR count). The first-order valence-electron chi connectivity index (χ1n) is 7.52. The van der Waals surface area contributed by atoms with E-state index in [4.69, 9.17) is 5.73 Å². The second-order valence-electron chi connectivity index (χ2n) is 6.20. The van der Waals surface area contributed by atoms with Crippen LogP contribution in [0.25, 0.3) is 0 Å². The van der Waals surface area contributed by atoms with Gasteiger partial charge in [0.25, 0.3) is 0 Å². The van der Waals surface area contributed by atoms with Crippen LogP contribution in [-0.2, 0) is 7.05 Å². The second kappa shape index (κ2) is 6.06. The maximum atomic E-state index is 6.41. The van der Waals surface area contributed by atoms with Crippen LogP contribution in [0.15, 0.2) is 12.4 Å². The summed E-state index contributed by atoms with van der Waals surface area (Å²) in [5.41, 5.74) is 7.67. The Hall–Kier alpha value is -0.870. The summed E-state index contributed by atoms with van der Waals surface area (Å²) in [5, 5.41) is 4.33. The molecule has 2 N–H and O–H groups in total. The van der Waals surface area contributed by atoms with Crippen molar-refractivity contribution in [3.05, 3.63) is 18.0 Å². The number of nitrogens with two attached hydrogens (primary N) is 1. The predicted molar refractivity (Wildman–Crippen MR) is 78.8 cm³/mol. The van der Waals surface area contributed by atoms with Gasteiger partial charge >= 0.3 is 0 Å². The third kappa shape index (κ3) is 3.57. The molecule has 0 aliphatic heterocycles. The molecule has 0 bridgehead atoms. The molecule has 1 heterocycles. The van der Waals surface area contributed by atoms with Crippen LogP contribution in [0, 0.1) is 5.92 Å². The zero-order chi connectivity index (χ0) is 14.0. The first-order chi connectivity index (χ1) is 9.02. The fourth-order valence-corrected chi connectivity index (χ4v) is 2.74. The molecule has 19 heavy (non-hydrogen) atoms. The van der Waals surface area contributed by atoms with Crippen LogP contribution in [0.5, 0.6) is 0 Å². The lowest BCUT2D eigenvalue weighted by atomic mass is 9.97. The minimum absolute atomic E-state index is 0.172. The van der Waals surface area contributed by atoms with Gasteiger partial charge < -0.3 is 5.73 Å². The topological polar surface area (TPSA) is 47.1 Å². The zero-order valence-electron chi connectivity index (χ0n) is 12.7. The molecule has 0 spiro atoms. The van der Waals surface area contributed by atoms with Crippen molar-refractivity contribution in [2.75, 3.05) is 6.54 Å². The van der Waals surface area contributed by atoms with Crippen LogP contribution >= 0.6 is 0 Å². The summed E-state index contributed by atoms with van der Waals surface area (Å²) in [6.45, 7) is 7.89. The molecule has 4 heteroatoms. The van der Waals surface area contributed by atoms with Crippen LogP contribution in [-0.4, -0.2) is 33.3 Å². The molecule has 1 aromatic heterocycles. The van der Waals surface area contributed by atoms with E-state index >= 15 is 0 Å². The van der Waals surface area contributed by atoms with Crippen LogP contribution in [0.1, 0.15) is 51.6 Å². The highest BCUT2D eigenvalue weighted by atomic mass is 15.3. The fourth-order valence-electron chi connectivity index (χ4n) is 2.74. The molecule has 1 fully saturated rings. The summed E-state index contributed by atoms with van der Waals surface area (Å²) in [6.07, 6.45) is 7.84. The lowest BCUT2D eigenvalue weighted by Gasteiger charge is -2.38. The van der Waals surface area contributed by atoms with Crippen molar-refractivity contribution in [2.45, 2.75) is 58.2 Å². The van der Waals surface area contributed by atoms with Gasteiger partial charge in [0.2, 0.25) is 0 Å². The molecular formula is C15H28N4. The summed E-state index contributed by atoms with van der Waals surface area (Å²) in [5.74, 6) is 0.880. The average molecular weight is 264 g/mol. The van der Waals surface area contributed by atoms with Crippen molar-refractivity contribution >= 4 is 0 Å². The molecule has 1 saturated carbocycles. The Morgan fingerprint density at radius 2 is 2.16 bits per heavy atom. The van der Waals surface area contributed by atoms with Crippen LogP contribution in [0.3, 0.4) is 0 Å². The van der Waals surface area contributed by atoms with E-state index in [-0.39, 0.29) is 6.04 Å². The fraction of sp³-hybridized carbons (Fsp3) is 0.800. The van der Waals surface area contributed by atoms with Gasteiger partial charge in [-0.15, -0.1) is 0 Å². The van der Waals surface area contributed by atoms with Crippen molar-refractivity contribution < 1.29 is 0 Å². The van der Waals surface area contributed by atoms with Crippen molar-refractivity contribution in [2.24, 2.45) is 18.7 Å². The van der Waals surface area contributed by atoms with Gasteiger partial charge in [-0.3, -0.25) is 9.58 Å². The van der Waals surface area contributed by atoms with E-state index in [1.165, 1.54) is 24.9 Å². The molecule has 0 aromatic carbocycles. The number of aromatic nitrogens is 2. The van der Waals surface area contributed by atoms with Gasteiger partial charge in [0.15, 0.2) is 0 Å². The molecule has 0 amide bonds. The first-order valence-corrected chi connectivity index (χ1v) is 7.52. The number of nitrogens with zero attached hydrogens (tertiary/aromatic N) is 3. The van der Waals surface area contributed by atoms with Gasteiger partial charge in [-0.2, -0.15) is 5.10 Å². The monoisotopic (exact) mass is 264 g/mol. The Bertz CT molecular complexity index is 395. The van der Waals surface area contributed by atoms with E-state index in [1.54, 1.807) is 0 Å². The third-order valence-corrected chi connectivity index (χ3v) is 4.13. The highest BCUT2D eigenvalue weighted by molar-refractivity contribution is 5.14. The Labute approximate surface area is 117 Å². The van der Waals surface area contributed by atoms with Crippen molar-refractivity contribution in [1.82, 2.24) is 14.7 Å². The normalized spacial score (nSPS) is 19.1. The van der Waals surface area contributed by atoms with Gasteiger partial charge in [-0.25, -0.2) is 0 Å². The van der Waals surface area contributed by atoms with Gasteiger partial charge in [-0.05, 0) is 39.0 Å². The second-order valence-corrected chi connectivity index (χ2v) is 6.20. The van der Waals surface area contributed by atoms with E-state index in [1.807, 2.05) is 17.9 Å². The molecule has 108 valence electrons. The lowest BCUT2D eigenvalue weighted by molar-refractivity contribution is 0.123. The van der Waals surface area contributed by atoms with Crippen molar-refractivity contribution in [3.63, 3.8) is 0 Å². The Morgan fingerprint density at radius 1 is 1.47 bits per heavy atom. The molecule has 1 aromatic rings. The third-order valence-electron chi connectivity index (χ3n) is 4.13. The van der Waals surface area contributed by atoms with Gasteiger partial charge in [0.05, 0.1) is 12.2 Å². The summed E-state index contributed by atoms with van der Waals surface area (Å²) < 4.78 is 1.88. The summed E-state index contributed by atoms with van der Waals surface area (Å²) in [6, 6.07) is 0.980. The molecule has 0 radical (unpaired) electrons. The molecule has 4 nitrogen and oxygen atoms in total. The first kappa shape index (κ1) is 14.5. The van der Waals surface area contributed by atoms with Crippen molar-refractivity contribution in [3.8, 4) is 0 Å². The molecular weight excluding hydrogens is 236 g/mol. The van der Waals surface area contributed by atoms with Gasteiger partial charge in [0.1, 0.15) is 0 Å². The Kier molecular flexibility index (Phi) is 4.63. The number of aryl methyl sites for hydroxylation is 1. The number of hydrogen-bond donors (Lipinski definition) is 1. The largest absolute Gasteiger partial charge is 0.326 e. The Morgan fingerprint density at radius 3 is 2.58 bits per heavy atom. The molecule has 1 aliphatic rings. The van der Waals surface area contributed by atoms with Gasteiger partial charge in [-0.1, -0.05) is 6.92 Å². The van der Waals surface area contributed by atoms with E-state index in [0.717, 1.165) is 12.3 Å². The molecule has 1 aliphatic carbocycles. The summed E-state index contributed by atoms with van der Waals surface area (Å²) in [7, 11) is 1.97. The van der Waals surface area contributed by atoms with Crippen molar-refractivity contribution in [1.29, 1.82) is 0 Å². The number of rotatable bonds is 7. The predicted octanol–water partition coefficient (Wildman–Crippen LogP) is 2.32. The van der Waals surface area contributed by atoms with E-state index < -0.39 is 0 Å². The average Bonchev–Trinajstić information content (AvgIpc) is 3.09. The summed E-state index contributed by atoms with van der Waals surface area (Å²) in [4.78, 5) is 2.57. The van der Waals surface area contributed by atoms with Crippen LogP contribution in [0.2, 0.25) is 0 Å². The van der Waals surface area contributed by atoms with E-state index in [9.17, 15) is 0 Å². The highest BCUT2D eigenvalue weighted by Crippen LogP contribution is 2.35.